The van der Waals surface area contributed by atoms with Crippen LogP contribution in [0.4, 0.5) is 0 Å². The molecule has 0 aliphatic rings. The molecular weight excluding hydrogens is 230 g/mol. The van der Waals surface area contributed by atoms with Gasteiger partial charge in [0.25, 0.3) is 0 Å². The highest BCUT2D eigenvalue weighted by Crippen LogP contribution is 2.39. The van der Waals surface area contributed by atoms with Crippen LogP contribution < -0.4 is 0 Å². The number of phenolic OH excluding ortho intramolecular Hbond substituents is 2. The second-order valence-corrected chi connectivity index (χ2v) is 4.84. The molecule has 0 bridgehead atoms. The maximum Gasteiger partial charge on any atom is 0.128 e. The molecular formula is C14H21NO3. The Hall–Kier alpha value is -1.71. The van der Waals surface area contributed by atoms with E-state index < -0.39 is 0 Å². The standard InChI is InChI=1S/C14H21NO3/c1-5-14(4,6-2)11-7-10(9(3)15-18)12(16)8-13(11)17/h7-8,16-18H,5-6H2,1-4H3. The summed E-state index contributed by atoms with van der Waals surface area (Å²) in [6.07, 6.45) is 1.74. The molecule has 3 N–H and O–H groups in total. The number of nitrogens with zero attached hydrogens (tertiary/aromatic N) is 1. The molecule has 0 saturated carbocycles. The molecule has 4 nitrogen and oxygen atoms in total. The number of aromatic hydroxyl groups is 2. The maximum atomic E-state index is 10.0. The first-order chi connectivity index (χ1) is 8.39. The Morgan fingerprint density at radius 3 is 2.17 bits per heavy atom. The van der Waals surface area contributed by atoms with E-state index in [0.29, 0.717) is 11.3 Å². The molecule has 0 atom stereocenters. The van der Waals surface area contributed by atoms with Crippen molar-refractivity contribution in [1.29, 1.82) is 0 Å². The SMILES string of the molecule is CCC(C)(CC)c1cc(C(C)=NO)c(O)cc1O. The zero-order chi connectivity index (χ0) is 13.9. The first kappa shape index (κ1) is 14.4. The van der Waals surface area contributed by atoms with Gasteiger partial charge in [0.2, 0.25) is 0 Å². The molecule has 0 heterocycles. The van der Waals surface area contributed by atoms with Crippen LogP contribution in [0.25, 0.3) is 0 Å². The Morgan fingerprint density at radius 1 is 1.17 bits per heavy atom. The van der Waals surface area contributed by atoms with Gasteiger partial charge in [0.1, 0.15) is 11.5 Å². The molecule has 1 aromatic carbocycles. The third-order valence-electron chi connectivity index (χ3n) is 3.86. The summed E-state index contributed by atoms with van der Waals surface area (Å²) < 4.78 is 0. The van der Waals surface area contributed by atoms with Crippen molar-refractivity contribution in [3.8, 4) is 11.5 Å². The van der Waals surface area contributed by atoms with Crippen molar-refractivity contribution in [1.82, 2.24) is 0 Å². The highest BCUT2D eigenvalue weighted by atomic mass is 16.4. The minimum atomic E-state index is -0.164. The van der Waals surface area contributed by atoms with E-state index in [1.807, 2.05) is 0 Å². The quantitative estimate of drug-likeness (QED) is 0.436. The fourth-order valence-electron chi connectivity index (χ4n) is 2.04. The minimum Gasteiger partial charge on any atom is -0.508 e. The van der Waals surface area contributed by atoms with Gasteiger partial charge in [-0.05, 0) is 31.2 Å². The summed E-state index contributed by atoms with van der Waals surface area (Å²) in [5.41, 5.74) is 1.37. The second-order valence-electron chi connectivity index (χ2n) is 4.84. The van der Waals surface area contributed by atoms with Gasteiger partial charge in [-0.1, -0.05) is 25.9 Å². The van der Waals surface area contributed by atoms with Crippen LogP contribution in [0.5, 0.6) is 11.5 Å². The van der Waals surface area contributed by atoms with Crippen molar-refractivity contribution in [2.75, 3.05) is 0 Å². The van der Waals surface area contributed by atoms with E-state index in [1.54, 1.807) is 13.0 Å². The van der Waals surface area contributed by atoms with E-state index in [-0.39, 0.29) is 16.9 Å². The number of oxime groups is 1. The topological polar surface area (TPSA) is 73.1 Å². The first-order valence-corrected chi connectivity index (χ1v) is 6.15. The second kappa shape index (κ2) is 5.29. The highest BCUT2D eigenvalue weighted by molar-refractivity contribution is 6.01. The lowest BCUT2D eigenvalue weighted by Gasteiger charge is -2.28. The molecule has 0 radical (unpaired) electrons. The van der Waals surface area contributed by atoms with Crippen molar-refractivity contribution >= 4 is 5.71 Å². The summed E-state index contributed by atoms with van der Waals surface area (Å²) in [4.78, 5) is 0. The Kier molecular flexibility index (Phi) is 4.22. The van der Waals surface area contributed by atoms with Crippen LogP contribution >= 0.6 is 0 Å². The van der Waals surface area contributed by atoms with Gasteiger partial charge in [-0.3, -0.25) is 0 Å². The lowest BCUT2D eigenvalue weighted by atomic mass is 9.76. The van der Waals surface area contributed by atoms with Crippen LogP contribution in [0.3, 0.4) is 0 Å². The zero-order valence-electron chi connectivity index (χ0n) is 11.4. The summed E-state index contributed by atoms with van der Waals surface area (Å²) in [7, 11) is 0. The minimum absolute atomic E-state index is 0.0770. The summed E-state index contributed by atoms with van der Waals surface area (Å²) in [5, 5.41) is 31.7. The van der Waals surface area contributed by atoms with Gasteiger partial charge in [-0.15, -0.1) is 0 Å². The molecule has 0 aliphatic carbocycles. The Balaban J connectivity index is 3.47. The van der Waals surface area contributed by atoms with Crippen molar-refractivity contribution in [3.05, 3.63) is 23.3 Å². The Labute approximate surface area is 108 Å². The van der Waals surface area contributed by atoms with E-state index in [2.05, 4.69) is 25.9 Å². The Morgan fingerprint density at radius 2 is 1.72 bits per heavy atom. The number of rotatable bonds is 4. The molecule has 0 saturated heterocycles. The Bertz CT molecular complexity index is 462. The van der Waals surface area contributed by atoms with E-state index in [0.717, 1.165) is 18.4 Å². The molecule has 0 fully saturated rings. The molecule has 1 aromatic rings. The van der Waals surface area contributed by atoms with Crippen LogP contribution in [0.1, 0.15) is 51.7 Å². The van der Waals surface area contributed by atoms with Crippen molar-refractivity contribution in [3.63, 3.8) is 0 Å². The van der Waals surface area contributed by atoms with Gasteiger partial charge in [-0.25, -0.2) is 0 Å². The fourth-order valence-corrected chi connectivity index (χ4v) is 2.04. The first-order valence-electron chi connectivity index (χ1n) is 6.15. The van der Waals surface area contributed by atoms with Gasteiger partial charge >= 0.3 is 0 Å². The lowest BCUT2D eigenvalue weighted by molar-refractivity contribution is 0.318. The summed E-state index contributed by atoms with van der Waals surface area (Å²) >= 11 is 0. The van der Waals surface area contributed by atoms with E-state index in [4.69, 9.17) is 5.21 Å². The number of benzene rings is 1. The van der Waals surface area contributed by atoms with Gasteiger partial charge < -0.3 is 15.4 Å². The molecule has 0 unspecified atom stereocenters. The van der Waals surface area contributed by atoms with Crippen LogP contribution in [0.15, 0.2) is 17.3 Å². The lowest BCUT2D eigenvalue weighted by Crippen LogP contribution is -2.20. The summed E-state index contributed by atoms with van der Waals surface area (Å²) in [6, 6.07) is 3.01. The van der Waals surface area contributed by atoms with E-state index in [1.165, 1.54) is 6.07 Å². The predicted molar refractivity (Wildman–Crippen MR) is 71.7 cm³/mol. The van der Waals surface area contributed by atoms with Crippen LogP contribution in [0.2, 0.25) is 0 Å². The fraction of sp³-hybridized carbons (Fsp3) is 0.500. The third-order valence-corrected chi connectivity index (χ3v) is 3.86. The van der Waals surface area contributed by atoms with Crippen LogP contribution in [-0.2, 0) is 5.41 Å². The summed E-state index contributed by atoms with van der Waals surface area (Å²) in [5.74, 6) is -0.00528. The van der Waals surface area contributed by atoms with E-state index >= 15 is 0 Å². The van der Waals surface area contributed by atoms with Crippen molar-refractivity contribution in [2.24, 2.45) is 5.16 Å². The van der Waals surface area contributed by atoms with Crippen LogP contribution in [0, 0.1) is 0 Å². The molecule has 0 aliphatic heterocycles. The number of hydrogen-bond acceptors (Lipinski definition) is 4. The molecule has 100 valence electrons. The molecule has 4 heteroatoms. The monoisotopic (exact) mass is 251 g/mol. The van der Waals surface area contributed by atoms with Crippen molar-refractivity contribution in [2.45, 2.75) is 46.0 Å². The molecule has 1 rings (SSSR count). The third kappa shape index (κ3) is 2.42. The molecule has 0 spiro atoms. The number of phenols is 2. The highest BCUT2D eigenvalue weighted by Gasteiger charge is 2.27. The van der Waals surface area contributed by atoms with Gasteiger partial charge in [0.05, 0.1) is 5.71 Å². The van der Waals surface area contributed by atoms with Crippen molar-refractivity contribution < 1.29 is 15.4 Å². The van der Waals surface area contributed by atoms with Gasteiger partial charge in [0.15, 0.2) is 0 Å². The van der Waals surface area contributed by atoms with Gasteiger partial charge in [-0.2, -0.15) is 0 Å². The largest absolute Gasteiger partial charge is 0.508 e. The smallest absolute Gasteiger partial charge is 0.128 e. The molecule has 18 heavy (non-hydrogen) atoms. The normalized spacial score (nSPS) is 12.8. The maximum absolute atomic E-state index is 10.0. The van der Waals surface area contributed by atoms with E-state index in [9.17, 15) is 10.2 Å². The van der Waals surface area contributed by atoms with Gasteiger partial charge in [0, 0.05) is 17.2 Å². The van der Waals surface area contributed by atoms with Crippen LogP contribution in [-0.4, -0.2) is 21.1 Å². The number of hydrogen-bond donors (Lipinski definition) is 3. The zero-order valence-corrected chi connectivity index (χ0v) is 11.4. The average Bonchev–Trinajstić information content (AvgIpc) is 2.37. The molecule has 0 aromatic heterocycles. The predicted octanol–water partition coefficient (Wildman–Crippen LogP) is 3.37. The molecule has 0 amide bonds. The summed E-state index contributed by atoms with van der Waals surface area (Å²) in [6.45, 7) is 7.78. The average molecular weight is 251 g/mol.